The Morgan fingerprint density at radius 3 is 2.29 bits per heavy atom. The van der Waals surface area contributed by atoms with Crippen LogP contribution in [0.1, 0.15) is 34.4 Å². The molecule has 2 atom stereocenters. The van der Waals surface area contributed by atoms with Crippen LogP contribution in [0.3, 0.4) is 0 Å². The van der Waals surface area contributed by atoms with E-state index >= 15 is 0 Å². The van der Waals surface area contributed by atoms with Gasteiger partial charge in [-0.1, -0.05) is 0 Å². The molecule has 1 aliphatic heterocycles. The van der Waals surface area contributed by atoms with Crippen molar-refractivity contribution in [2.75, 3.05) is 26.6 Å². The van der Waals surface area contributed by atoms with Gasteiger partial charge in [0.15, 0.2) is 17.5 Å². The minimum Gasteiger partial charge on any atom is -0.545 e. The number of halogens is 3. The summed E-state index contributed by atoms with van der Waals surface area (Å²) >= 11 is 0. The molecule has 0 saturated heterocycles. The third-order valence-electron chi connectivity index (χ3n) is 4.55. The summed E-state index contributed by atoms with van der Waals surface area (Å²) in [5.41, 5.74) is -0.0492. The fourth-order valence-electron chi connectivity index (χ4n) is 3.23. The Morgan fingerprint density at radius 2 is 1.82 bits per heavy atom. The average molecular weight is 400 g/mol. The predicted octanol–water partition coefficient (Wildman–Crippen LogP) is 1.93. The molecule has 0 fully saturated rings. The topological polar surface area (TPSA) is 97.7 Å². The standard InChI is InChI=1S/C17H18F3N3O5/c1-26-11-4-8(5-12(27-2)14(11)28-3)10-6-13(17(18,19)20)23-15(22-10)9(7-21-23)16(24)25/h4-5,7,10,13,22H,6H2,1-3H3,(H,24,25)/p-1/t10-,13-/m0/s1. The van der Waals surface area contributed by atoms with E-state index in [4.69, 9.17) is 14.2 Å². The first kappa shape index (κ1) is 19.6. The van der Waals surface area contributed by atoms with E-state index in [2.05, 4.69) is 10.4 Å². The maximum Gasteiger partial charge on any atom is 0.410 e. The molecule has 1 N–H and O–H groups in total. The van der Waals surface area contributed by atoms with Crippen molar-refractivity contribution in [1.29, 1.82) is 0 Å². The molecular formula is C17H17F3N3O5-. The molecular weight excluding hydrogens is 383 g/mol. The monoisotopic (exact) mass is 400 g/mol. The summed E-state index contributed by atoms with van der Waals surface area (Å²) in [4.78, 5) is 11.3. The second-order valence-corrected chi connectivity index (χ2v) is 6.09. The minimum atomic E-state index is -4.63. The molecule has 2 aromatic rings. The SMILES string of the molecule is COc1cc([C@@H]2C[C@@H](C(F)(F)F)n3ncc(C(=O)[O-])c3N2)cc(OC)c1OC. The van der Waals surface area contributed by atoms with Gasteiger partial charge in [0.25, 0.3) is 0 Å². The lowest BCUT2D eigenvalue weighted by Crippen LogP contribution is -2.36. The van der Waals surface area contributed by atoms with E-state index in [0.717, 1.165) is 6.20 Å². The van der Waals surface area contributed by atoms with Crippen molar-refractivity contribution in [2.24, 2.45) is 0 Å². The second-order valence-electron chi connectivity index (χ2n) is 6.09. The molecule has 0 bridgehead atoms. The van der Waals surface area contributed by atoms with Crippen molar-refractivity contribution in [1.82, 2.24) is 9.78 Å². The lowest BCUT2D eigenvalue weighted by Gasteiger charge is -2.34. The number of hydrogen-bond donors (Lipinski definition) is 1. The number of carbonyl (C=O) groups excluding carboxylic acids is 1. The molecule has 8 nitrogen and oxygen atoms in total. The van der Waals surface area contributed by atoms with E-state index in [9.17, 15) is 23.1 Å². The van der Waals surface area contributed by atoms with E-state index in [-0.39, 0.29) is 23.1 Å². The van der Waals surface area contributed by atoms with Gasteiger partial charge in [0.05, 0.1) is 45.1 Å². The summed E-state index contributed by atoms with van der Waals surface area (Å²) in [6, 6.07) is 0.123. The van der Waals surface area contributed by atoms with Gasteiger partial charge >= 0.3 is 6.18 Å². The number of aromatic nitrogens is 2. The number of anilines is 1. The summed E-state index contributed by atoms with van der Waals surface area (Å²) in [5.74, 6) is -1.08. The van der Waals surface area contributed by atoms with Crippen molar-refractivity contribution in [3.05, 3.63) is 29.5 Å². The molecule has 11 heteroatoms. The molecule has 0 amide bonds. The zero-order valence-electron chi connectivity index (χ0n) is 15.2. The number of methoxy groups -OCH3 is 3. The van der Waals surface area contributed by atoms with Crippen molar-refractivity contribution >= 4 is 11.8 Å². The van der Waals surface area contributed by atoms with Gasteiger partial charge in [-0.3, -0.25) is 0 Å². The fourth-order valence-corrected chi connectivity index (χ4v) is 3.23. The van der Waals surface area contributed by atoms with Gasteiger partial charge in [-0.2, -0.15) is 18.3 Å². The van der Waals surface area contributed by atoms with Crippen LogP contribution in [-0.4, -0.2) is 43.3 Å². The molecule has 0 spiro atoms. The Bertz CT molecular complexity index is 872. The van der Waals surface area contributed by atoms with Gasteiger partial charge in [0.2, 0.25) is 5.75 Å². The number of alkyl halides is 3. The van der Waals surface area contributed by atoms with E-state index in [1.807, 2.05) is 0 Å². The maximum atomic E-state index is 13.6. The van der Waals surface area contributed by atoms with Crippen molar-refractivity contribution < 1.29 is 37.3 Å². The van der Waals surface area contributed by atoms with Crippen LogP contribution in [0.5, 0.6) is 17.2 Å². The van der Waals surface area contributed by atoms with Gasteiger partial charge in [-0.05, 0) is 17.7 Å². The quantitative estimate of drug-likeness (QED) is 0.819. The van der Waals surface area contributed by atoms with E-state index in [0.29, 0.717) is 10.2 Å². The summed E-state index contributed by atoms with van der Waals surface area (Å²) in [7, 11) is 4.18. The number of ether oxygens (including phenoxy) is 3. The Labute approximate surface area is 157 Å². The Hall–Kier alpha value is -3.11. The number of rotatable bonds is 5. The number of carboxylic acid groups (broad SMARTS) is 1. The van der Waals surface area contributed by atoms with Gasteiger partial charge in [-0.15, -0.1) is 0 Å². The summed E-state index contributed by atoms with van der Waals surface area (Å²) in [6.07, 6.45) is -4.21. The molecule has 1 aliphatic rings. The summed E-state index contributed by atoms with van der Waals surface area (Å²) in [6.45, 7) is 0. The molecule has 3 rings (SSSR count). The highest BCUT2D eigenvalue weighted by atomic mass is 19.4. The zero-order chi connectivity index (χ0) is 20.6. The number of hydrogen-bond acceptors (Lipinski definition) is 7. The lowest BCUT2D eigenvalue weighted by atomic mass is 9.96. The first-order chi connectivity index (χ1) is 13.2. The molecule has 1 aromatic heterocycles. The van der Waals surface area contributed by atoms with Crippen LogP contribution in [0.2, 0.25) is 0 Å². The Kier molecular flexibility index (Phi) is 5.01. The molecule has 0 aliphatic carbocycles. The molecule has 1 aromatic carbocycles. The average Bonchev–Trinajstić information content (AvgIpc) is 3.09. The number of nitrogens with one attached hydrogen (secondary N) is 1. The smallest absolute Gasteiger partial charge is 0.410 e. The van der Waals surface area contributed by atoms with Crippen LogP contribution in [-0.2, 0) is 0 Å². The van der Waals surface area contributed by atoms with Gasteiger partial charge in [0, 0.05) is 6.42 Å². The van der Waals surface area contributed by atoms with Gasteiger partial charge in [0.1, 0.15) is 5.82 Å². The van der Waals surface area contributed by atoms with Crippen molar-refractivity contribution in [2.45, 2.75) is 24.7 Å². The highest BCUT2D eigenvalue weighted by Crippen LogP contribution is 2.47. The van der Waals surface area contributed by atoms with Crippen LogP contribution in [0.15, 0.2) is 18.3 Å². The van der Waals surface area contributed by atoms with Crippen molar-refractivity contribution in [3.63, 3.8) is 0 Å². The van der Waals surface area contributed by atoms with E-state index in [1.54, 1.807) is 0 Å². The van der Waals surface area contributed by atoms with E-state index < -0.39 is 36.2 Å². The first-order valence-electron chi connectivity index (χ1n) is 8.13. The number of aromatic carboxylic acids is 1. The number of benzene rings is 1. The molecule has 0 saturated carbocycles. The number of carboxylic acids is 1. The Morgan fingerprint density at radius 1 is 1.21 bits per heavy atom. The zero-order valence-corrected chi connectivity index (χ0v) is 15.2. The summed E-state index contributed by atoms with van der Waals surface area (Å²) < 4.78 is 57.2. The number of fused-ring (bicyclic) bond motifs is 1. The van der Waals surface area contributed by atoms with Gasteiger partial charge in [-0.25, -0.2) is 4.68 Å². The highest BCUT2D eigenvalue weighted by molar-refractivity contribution is 5.91. The third kappa shape index (κ3) is 3.27. The third-order valence-corrected chi connectivity index (χ3v) is 4.55. The minimum absolute atomic E-state index is 0.265. The Balaban J connectivity index is 2.11. The highest BCUT2D eigenvalue weighted by Gasteiger charge is 2.47. The van der Waals surface area contributed by atoms with Crippen LogP contribution < -0.4 is 24.6 Å². The second kappa shape index (κ2) is 7.13. The fraction of sp³-hybridized carbons (Fsp3) is 0.412. The van der Waals surface area contributed by atoms with Gasteiger partial charge < -0.3 is 29.4 Å². The van der Waals surface area contributed by atoms with Crippen LogP contribution in [0.25, 0.3) is 0 Å². The first-order valence-corrected chi connectivity index (χ1v) is 8.13. The normalized spacial score (nSPS) is 18.8. The predicted molar refractivity (Wildman–Crippen MR) is 88.7 cm³/mol. The molecule has 0 unspecified atom stereocenters. The maximum absolute atomic E-state index is 13.6. The number of carbonyl (C=O) groups is 1. The van der Waals surface area contributed by atoms with E-state index in [1.165, 1.54) is 33.5 Å². The van der Waals surface area contributed by atoms with Crippen molar-refractivity contribution in [3.8, 4) is 17.2 Å². The molecule has 0 radical (unpaired) electrons. The molecule has 152 valence electrons. The van der Waals surface area contributed by atoms with Crippen LogP contribution in [0, 0.1) is 0 Å². The number of nitrogens with zero attached hydrogens (tertiary/aromatic N) is 2. The molecule has 2 heterocycles. The van der Waals surface area contributed by atoms with Crippen LogP contribution >= 0.6 is 0 Å². The lowest BCUT2D eigenvalue weighted by molar-refractivity contribution is -0.255. The molecule has 28 heavy (non-hydrogen) atoms. The largest absolute Gasteiger partial charge is 0.545 e. The van der Waals surface area contributed by atoms with Crippen LogP contribution in [0.4, 0.5) is 19.0 Å². The summed E-state index contributed by atoms with van der Waals surface area (Å²) in [5, 5.41) is 17.7.